The summed E-state index contributed by atoms with van der Waals surface area (Å²) in [5, 5.41) is 15.4. The Balaban J connectivity index is 1.53. The average molecular weight is 482 g/mol. The third-order valence-electron chi connectivity index (χ3n) is 5.59. The van der Waals surface area contributed by atoms with Crippen molar-refractivity contribution in [2.24, 2.45) is 0 Å². The average Bonchev–Trinajstić information content (AvgIpc) is 3.45. The van der Waals surface area contributed by atoms with Gasteiger partial charge in [-0.15, -0.1) is 0 Å². The third kappa shape index (κ3) is 6.42. The summed E-state index contributed by atoms with van der Waals surface area (Å²) >= 11 is 0. The lowest BCUT2D eigenvalue weighted by atomic mass is 10.0. The number of anilines is 1. The number of benzene rings is 3. The van der Waals surface area contributed by atoms with Crippen LogP contribution in [0.1, 0.15) is 28.4 Å². The van der Waals surface area contributed by atoms with Crippen LogP contribution in [0.4, 0.5) is 5.69 Å². The molecule has 3 N–H and O–H groups in total. The van der Waals surface area contributed by atoms with E-state index in [9.17, 15) is 4.79 Å². The van der Waals surface area contributed by atoms with Crippen LogP contribution in [0.15, 0.2) is 85.3 Å². The molecule has 0 fully saturated rings. The zero-order chi connectivity index (χ0) is 25.2. The van der Waals surface area contributed by atoms with Crippen molar-refractivity contribution >= 4 is 11.6 Å². The van der Waals surface area contributed by atoms with Gasteiger partial charge in [0.25, 0.3) is 0 Å². The summed E-state index contributed by atoms with van der Waals surface area (Å²) < 4.78 is 11.6. The molecular weight excluding hydrogens is 454 g/mol. The molecule has 1 atom stereocenters. The van der Waals surface area contributed by atoms with Crippen molar-refractivity contribution in [3.63, 3.8) is 0 Å². The molecule has 0 aliphatic heterocycles. The number of ether oxygens (including phenoxy) is 2. The molecule has 182 valence electrons. The molecule has 0 aliphatic carbocycles. The minimum atomic E-state index is -0.697. The van der Waals surface area contributed by atoms with E-state index in [0.717, 1.165) is 11.3 Å². The van der Waals surface area contributed by atoms with Crippen LogP contribution in [0.25, 0.3) is 0 Å². The van der Waals surface area contributed by atoms with Crippen molar-refractivity contribution in [1.29, 1.82) is 5.26 Å². The first-order chi connectivity index (χ1) is 17.7. The fourth-order valence-electron chi connectivity index (χ4n) is 3.67. The maximum absolute atomic E-state index is 13.3. The standard InChI is InChI=1S/C28H27N5O3/c1-35-26-15-22(9-12-25(26)36-18-21-5-3-2-4-6-21)27(33-23-10-7-20(16-29)8-11-23)28(34)31-14-13-24-17-30-19-32-24/h2-12,15,17,19,27,33H,13-14,18H2,1H3,(H,30,32)(H,31,34)/t27-/m0/s1. The van der Waals surface area contributed by atoms with Gasteiger partial charge in [0.1, 0.15) is 12.6 Å². The summed E-state index contributed by atoms with van der Waals surface area (Å²) in [6.07, 6.45) is 3.97. The molecular formula is C28H27N5O3. The number of carbonyl (C=O) groups is 1. The third-order valence-corrected chi connectivity index (χ3v) is 5.59. The van der Waals surface area contributed by atoms with Crippen molar-refractivity contribution in [3.05, 3.63) is 108 Å². The van der Waals surface area contributed by atoms with Gasteiger partial charge in [0.15, 0.2) is 11.5 Å². The summed E-state index contributed by atoms with van der Waals surface area (Å²) in [4.78, 5) is 20.3. The van der Waals surface area contributed by atoms with Crippen LogP contribution in [0.2, 0.25) is 0 Å². The Hall–Kier alpha value is -4.77. The molecule has 8 nitrogen and oxygen atoms in total. The molecule has 0 unspecified atom stereocenters. The van der Waals surface area contributed by atoms with Crippen LogP contribution in [0, 0.1) is 11.3 Å². The number of aromatic nitrogens is 2. The van der Waals surface area contributed by atoms with E-state index in [4.69, 9.17) is 14.7 Å². The van der Waals surface area contributed by atoms with Gasteiger partial charge >= 0.3 is 0 Å². The Labute approximate surface area is 209 Å². The smallest absolute Gasteiger partial charge is 0.247 e. The number of amides is 1. The molecule has 36 heavy (non-hydrogen) atoms. The molecule has 0 saturated carbocycles. The minimum Gasteiger partial charge on any atom is -0.493 e. The monoisotopic (exact) mass is 481 g/mol. The van der Waals surface area contributed by atoms with E-state index >= 15 is 0 Å². The molecule has 8 heteroatoms. The van der Waals surface area contributed by atoms with Crippen LogP contribution in [-0.4, -0.2) is 29.5 Å². The lowest BCUT2D eigenvalue weighted by Crippen LogP contribution is -2.34. The second-order valence-electron chi connectivity index (χ2n) is 8.07. The number of hydrogen-bond acceptors (Lipinski definition) is 6. The first-order valence-electron chi connectivity index (χ1n) is 11.5. The van der Waals surface area contributed by atoms with Crippen molar-refractivity contribution in [2.45, 2.75) is 19.1 Å². The second-order valence-corrected chi connectivity index (χ2v) is 8.07. The lowest BCUT2D eigenvalue weighted by molar-refractivity contribution is -0.121. The summed E-state index contributed by atoms with van der Waals surface area (Å²) in [7, 11) is 1.57. The van der Waals surface area contributed by atoms with Gasteiger partial charge in [-0.1, -0.05) is 36.4 Å². The van der Waals surface area contributed by atoms with Crippen LogP contribution >= 0.6 is 0 Å². The van der Waals surface area contributed by atoms with Crippen molar-refractivity contribution < 1.29 is 14.3 Å². The van der Waals surface area contributed by atoms with Crippen LogP contribution in [0.5, 0.6) is 11.5 Å². The molecule has 1 heterocycles. The van der Waals surface area contributed by atoms with Crippen molar-refractivity contribution in [2.75, 3.05) is 19.0 Å². The van der Waals surface area contributed by atoms with Gasteiger partial charge in [-0.25, -0.2) is 4.98 Å². The SMILES string of the molecule is COc1cc([C@H](Nc2ccc(C#N)cc2)C(=O)NCCc2cnc[nH]2)ccc1OCc1ccccc1. The molecule has 0 radical (unpaired) electrons. The Morgan fingerprint density at radius 2 is 1.89 bits per heavy atom. The molecule has 0 aliphatic rings. The van der Waals surface area contributed by atoms with E-state index in [1.807, 2.05) is 42.5 Å². The van der Waals surface area contributed by atoms with E-state index in [2.05, 4.69) is 26.7 Å². The van der Waals surface area contributed by atoms with Gasteiger partial charge in [-0.3, -0.25) is 4.79 Å². The highest BCUT2D eigenvalue weighted by atomic mass is 16.5. The van der Waals surface area contributed by atoms with E-state index in [-0.39, 0.29) is 5.91 Å². The van der Waals surface area contributed by atoms with Gasteiger partial charge < -0.3 is 25.1 Å². The highest BCUT2D eigenvalue weighted by Crippen LogP contribution is 2.32. The van der Waals surface area contributed by atoms with Gasteiger partial charge in [0.2, 0.25) is 5.91 Å². The highest BCUT2D eigenvalue weighted by molar-refractivity contribution is 5.86. The molecule has 1 aromatic heterocycles. The predicted molar refractivity (Wildman–Crippen MR) is 137 cm³/mol. The fourth-order valence-corrected chi connectivity index (χ4v) is 3.67. The predicted octanol–water partition coefficient (Wildman–Crippen LogP) is 4.38. The molecule has 4 rings (SSSR count). The topological polar surface area (TPSA) is 112 Å². The van der Waals surface area contributed by atoms with Crippen LogP contribution in [0.3, 0.4) is 0 Å². The summed E-state index contributed by atoms with van der Waals surface area (Å²) in [5.41, 5.74) is 3.95. The number of rotatable bonds is 11. The van der Waals surface area contributed by atoms with Crippen molar-refractivity contribution in [1.82, 2.24) is 15.3 Å². The Morgan fingerprint density at radius 3 is 2.58 bits per heavy atom. The Kier molecular flexibility index (Phi) is 8.18. The number of nitriles is 1. The number of H-pyrrole nitrogens is 1. The molecule has 1 amide bonds. The van der Waals surface area contributed by atoms with Gasteiger partial charge in [-0.05, 0) is 47.5 Å². The van der Waals surface area contributed by atoms with Crippen LogP contribution in [-0.2, 0) is 17.8 Å². The van der Waals surface area contributed by atoms with Crippen LogP contribution < -0.4 is 20.1 Å². The van der Waals surface area contributed by atoms with Gasteiger partial charge in [0.05, 0.1) is 25.1 Å². The van der Waals surface area contributed by atoms with E-state index in [1.54, 1.807) is 50.0 Å². The van der Waals surface area contributed by atoms with Gasteiger partial charge in [0, 0.05) is 30.5 Å². The zero-order valence-electron chi connectivity index (χ0n) is 19.9. The Morgan fingerprint density at radius 1 is 1.08 bits per heavy atom. The summed E-state index contributed by atoms with van der Waals surface area (Å²) in [5.74, 6) is 0.918. The quantitative estimate of drug-likeness (QED) is 0.293. The first-order valence-corrected chi connectivity index (χ1v) is 11.5. The Bertz CT molecular complexity index is 1300. The molecule has 0 saturated heterocycles. The van der Waals surface area contributed by atoms with E-state index in [1.165, 1.54) is 0 Å². The highest BCUT2D eigenvalue weighted by Gasteiger charge is 2.22. The molecule has 0 bridgehead atoms. The fraction of sp³-hybridized carbons (Fsp3) is 0.179. The lowest BCUT2D eigenvalue weighted by Gasteiger charge is -2.21. The number of hydrogen-bond donors (Lipinski definition) is 3. The normalized spacial score (nSPS) is 11.2. The maximum Gasteiger partial charge on any atom is 0.247 e. The maximum atomic E-state index is 13.3. The van der Waals surface area contributed by atoms with E-state index < -0.39 is 6.04 Å². The number of carbonyl (C=O) groups excluding carboxylic acids is 1. The number of aromatic amines is 1. The second kappa shape index (κ2) is 12.1. The zero-order valence-corrected chi connectivity index (χ0v) is 19.9. The van der Waals surface area contributed by atoms with E-state index in [0.29, 0.717) is 47.9 Å². The summed E-state index contributed by atoms with van der Waals surface area (Å²) in [6.45, 7) is 0.847. The first kappa shape index (κ1) is 24.4. The molecule has 0 spiro atoms. The molecule has 4 aromatic rings. The van der Waals surface area contributed by atoms with Crippen molar-refractivity contribution in [3.8, 4) is 17.6 Å². The number of imidazole rings is 1. The largest absolute Gasteiger partial charge is 0.493 e. The number of nitrogens with one attached hydrogen (secondary N) is 3. The molecule has 3 aromatic carbocycles. The summed E-state index contributed by atoms with van der Waals surface area (Å²) in [6, 6.07) is 23.7. The number of methoxy groups -OCH3 is 1. The number of nitrogens with zero attached hydrogens (tertiary/aromatic N) is 2. The minimum absolute atomic E-state index is 0.195. The van der Waals surface area contributed by atoms with Gasteiger partial charge in [-0.2, -0.15) is 5.26 Å².